The third-order valence-electron chi connectivity index (χ3n) is 2.40. The van der Waals surface area contributed by atoms with Gasteiger partial charge in [-0.1, -0.05) is 39.0 Å². The van der Waals surface area contributed by atoms with Crippen LogP contribution in [0, 0.1) is 5.41 Å². The molecule has 90 valence electrons. The zero-order valence-electron chi connectivity index (χ0n) is 10.2. The van der Waals surface area contributed by atoms with Crippen molar-refractivity contribution < 1.29 is 14.7 Å². The Hall–Kier alpha value is -1.90. The fraction of sp³-hybridized carbons (Fsp3) is 0.286. The van der Waals surface area contributed by atoms with Crippen LogP contribution < -0.4 is 0 Å². The minimum Gasteiger partial charge on any atom is -0.478 e. The highest BCUT2D eigenvalue weighted by atomic mass is 16.4. The predicted octanol–water partition coefficient (Wildman–Crippen LogP) is 3.01. The van der Waals surface area contributed by atoms with Crippen LogP contribution in [-0.4, -0.2) is 17.4 Å². The number of carboxylic acid groups (broad SMARTS) is 1. The molecular weight excluding hydrogens is 216 g/mol. The van der Waals surface area contributed by atoms with Crippen molar-refractivity contribution in [1.82, 2.24) is 0 Å². The summed E-state index contributed by atoms with van der Waals surface area (Å²) in [6.07, 6.45) is 2.35. The second-order valence-corrected chi connectivity index (χ2v) is 4.90. The van der Waals surface area contributed by atoms with Crippen LogP contribution in [0.25, 0.3) is 6.08 Å². The summed E-state index contributed by atoms with van der Waals surface area (Å²) in [5, 5.41) is 9.16. The number of carbonyl (C=O) groups is 2. The maximum absolute atomic E-state index is 11.2. The average Bonchev–Trinajstić information content (AvgIpc) is 2.24. The van der Waals surface area contributed by atoms with Gasteiger partial charge in [0.1, 0.15) is 6.29 Å². The molecule has 0 atom stereocenters. The number of carboxylic acids is 1. The van der Waals surface area contributed by atoms with Crippen molar-refractivity contribution in [1.29, 1.82) is 0 Å². The number of rotatable bonds is 3. The summed E-state index contributed by atoms with van der Waals surface area (Å²) in [5.74, 6) is -0.936. The molecule has 1 aromatic rings. The van der Waals surface area contributed by atoms with Gasteiger partial charge in [0.15, 0.2) is 0 Å². The summed E-state index contributed by atoms with van der Waals surface area (Å²) < 4.78 is 0. The molecule has 0 bridgehead atoms. The first-order valence-electron chi connectivity index (χ1n) is 5.35. The lowest BCUT2D eigenvalue weighted by atomic mass is 9.85. The van der Waals surface area contributed by atoms with E-state index in [-0.39, 0.29) is 0 Å². The van der Waals surface area contributed by atoms with Crippen LogP contribution in [0.15, 0.2) is 29.8 Å². The molecule has 0 aliphatic heterocycles. The van der Waals surface area contributed by atoms with Crippen molar-refractivity contribution in [2.24, 2.45) is 5.41 Å². The lowest BCUT2D eigenvalue weighted by molar-refractivity contribution is -0.133. The number of aliphatic carboxylic acids is 1. The number of carbonyl (C=O) groups excluding carboxylic acids is 1. The maximum Gasteiger partial charge on any atom is 0.332 e. The molecule has 0 radical (unpaired) electrons. The average molecular weight is 232 g/mol. The molecule has 0 spiro atoms. The molecule has 0 unspecified atom stereocenters. The van der Waals surface area contributed by atoms with E-state index in [9.17, 15) is 9.59 Å². The van der Waals surface area contributed by atoms with Gasteiger partial charge in [-0.05, 0) is 23.1 Å². The van der Waals surface area contributed by atoms with Gasteiger partial charge in [-0.2, -0.15) is 0 Å². The van der Waals surface area contributed by atoms with Crippen molar-refractivity contribution in [3.63, 3.8) is 0 Å². The topological polar surface area (TPSA) is 54.4 Å². The van der Waals surface area contributed by atoms with Gasteiger partial charge < -0.3 is 5.11 Å². The minimum absolute atomic E-state index is 0.320. The molecule has 1 N–H and O–H groups in total. The number of hydrogen-bond donors (Lipinski definition) is 1. The van der Waals surface area contributed by atoms with Crippen LogP contribution in [-0.2, 0) is 4.79 Å². The fourth-order valence-corrected chi connectivity index (χ4v) is 1.49. The second kappa shape index (κ2) is 4.95. The highest BCUT2D eigenvalue weighted by molar-refractivity contribution is 5.93. The van der Waals surface area contributed by atoms with Crippen LogP contribution in [0.2, 0.25) is 0 Å². The molecule has 0 amide bonds. The van der Waals surface area contributed by atoms with Gasteiger partial charge in [-0.15, -0.1) is 0 Å². The van der Waals surface area contributed by atoms with E-state index in [1.807, 2.05) is 20.8 Å². The van der Waals surface area contributed by atoms with Crippen molar-refractivity contribution in [2.75, 3.05) is 0 Å². The van der Waals surface area contributed by atoms with Gasteiger partial charge in [0, 0.05) is 11.1 Å². The molecule has 1 aromatic carbocycles. The second-order valence-electron chi connectivity index (χ2n) is 4.90. The first-order valence-corrected chi connectivity index (χ1v) is 5.35. The van der Waals surface area contributed by atoms with E-state index >= 15 is 0 Å². The quantitative estimate of drug-likeness (QED) is 0.643. The van der Waals surface area contributed by atoms with E-state index in [1.54, 1.807) is 30.3 Å². The largest absolute Gasteiger partial charge is 0.478 e. The van der Waals surface area contributed by atoms with E-state index in [0.29, 0.717) is 11.1 Å². The Bertz CT molecular complexity index is 465. The highest BCUT2D eigenvalue weighted by Crippen LogP contribution is 2.27. The van der Waals surface area contributed by atoms with Crippen molar-refractivity contribution in [3.05, 3.63) is 41.0 Å². The Morgan fingerprint density at radius 1 is 1.24 bits per heavy atom. The maximum atomic E-state index is 11.2. The molecule has 0 aromatic heterocycles. The van der Waals surface area contributed by atoms with Crippen molar-refractivity contribution in [3.8, 4) is 0 Å². The molecule has 0 aliphatic carbocycles. The Labute approximate surface area is 101 Å². The molecule has 17 heavy (non-hydrogen) atoms. The zero-order chi connectivity index (χ0) is 13.1. The van der Waals surface area contributed by atoms with E-state index in [2.05, 4.69) is 0 Å². The molecule has 3 heteroatoms. The molecule has 1 rings (SSSR count). The lowest BCUT2D eigenvalue weighted by Gasteiger charge is -2.19. The lowest BCUT2D eigenvalue weighted by Crippen LogP contribution is -2.17. The minimum atomic E-state index is -0.936. The molecule has 0 aliphatic rings. The number of benzene rings is 1. The first kappa shape index (κ1) is 13.2. The van der Waals surface area contributed by atoms with E-state index in [1.165, 1.54) is 0 Å². The number of aldehydes is 1. The molecule has 3 nitrogen and oxygen atoms in total. The molecule has 0 heterocycles. The standard InChI is InChI=1S/C14H16O3/c1-14(2,3)12(13(16)17)8-10-5-4-6-11(7-10)9-15/h4-9H,1-3H3,(H,16,17)/b12-8-. The van der Waals surface area contributed by atoms with Crippen LogP contribution >= 0.6 is 0 Å². The summed E-state index contributed by atoms with van der Waals surface area (Å²) in [6, 6.07) is 6.86. The van der Waals surface area contributed by atoms with Gasteiger partial charge in [0.2, 0.25) is 0 Å². The first-order chi connectivity index (χ1) is 7.84. The normalized spacial score (nSPS) is 12.3. The van der Waals surface area contributed by atoms with Gasteiger partial charge in [0.05, 0.1) is 0 Å². The zero-order valence-corrected chi connectivity index (χ0v) is 10.2. The van der Waals surface area contributed by atoms with Crippen LogP contribution in [0.1, 0.15) is 36.7 Å². The SMILES string of the molecule is CC(C)(C)/C(=C\c1cccc(C=O)c1)C(=O)O. The van der Waals surface area contributed by atoms with Gasteiger partial charge in [-0.25, -0.2) is 4.79 Å². The Kier molecular flexibility index (Phi) is 3.84. The molecular formula is C14H16O3. The summed E-state index contributed by atoms with van der Waals surface area (Å²) in [7, 11) is 0. The third kappa shape index (κ3) is 3.55. The molecule has 0 fully saturated rings. The number of hydrogen-bond acceptors (Lipinski definition) is 2. The Morgan fingerprint density at radius 3 is 2.29 bits per heavy atom. The summed E-state index contributed by atoms with van der Waals surface area (Å²) in [6.45, 7) is 5.53. The molecule has 0 saturated heterocycles. The Balaban J connectivity index is 3.22. The summed E-state index contributed by atoms with van der Waals surface area (Å²) in [5.41, 5.74) is 1.14. The van der Waals surface area contributed by atoms with Crippen molar-refractivity contribution in [2.45, 2.75) is 20.8 Å². The Morgan fingerprint density at radius 2 is 1.82 bits per heavy atom. The summed E-state index contributed by atoms with van der Waals surface area (Å²) >= 11 is 0. The third-order valence-corrected chi connectivity index (χ3v) is 2.40. The molecule has 0 saturated carbocycles. The van der Waals surface area contributed by atoms with Crippen LogP contribution in [0.3, 0.4) is 0 Å². The van der Waals surface area contributed by atoms with Crippen molar-refractivity contribution >= 4 is 18.3 Å². The van der Waals surface area contributed by atoms with Crippen LogP contribution in [0.5, 0.6) is 0 Å². The van der Waals surface area contributed by atoms with Gasteiger partial charge in [-0.3, -0.25) is 4.79 Å². The van der Waals surface area contributed by atoms with E-state index in [4.69, 9.17) is 5.11 Å². The highest BCUT2D eigenvalue weighted by Gasteiger charge is 2.23. The summed E-state index contributed by atoms with van der Waals surface area (Å²) in [4.78, 5) is 21.8. The van der Waals surface area contributed by atoms with Gasteiger partial charge in [0.25, 0.3) is 0 Å². The predicted molar refractivity (Wildman–Crippen MR) is 66.9 cm³/mol. The van der Waals surface area contributed by atoms with Gasteiger partial charge >= 0.3 is 5.97 Å². The monoisotopic (exact) mass is 232 g/mol. The smallest absolute Gasteiger partial charge is 0.332 e. The van der Waals surface area contributed by atoms with E-state index < -0.39 is 11.4 Å². The van der Waals surface area contributed by atoms with E-state index in [0.717, 1.165) is 11.8 Å². The van der Waals surface area contributed by atoms with Crippen LogP contribution in [0.4, 0.5) is 0 Å². The fourth-order valence-electron chi connectivity index (χ4n) is 1.49.